The second kappa shape index (κ2) is 5.00. The molecule has 1 N–H and O–H groups in total. The highest BCUT2D eigenvalue weighted by molar-refractivity contribution is 9.39. The van der Waals surface area contributed by atoms with Crippen LogP contribution in [0.1, 0.15) is 20.3 Å². The molecule has 0 aliphatic heterocycles. The Kier molecular flexibility index (Phi) is 5.51. The van der Waals surface area contributed by atoms with Crippen LogP contribution in [0.2, 0.25) is 0 Å². The average Bonchev–Trinajstić information content (AvgIpc) is 1.85. The minimum absolute atomic E-state index is 0.567. The number of alkyl halides is 3. The molecule has 0 saturated carbocycles. The molecule has 1 nitrogen and oxygen atoms in total. The maximum Gasteiger partial charge on any atom is 0.164 e. The molecule has 0 bridgehead atoms. The number of halogens is 3. The van der Waals surface area contributed by atoms with E-state index in [4.69, 9.17) is 0 Å². The van der Waals surface area contributed by atoms with Gasteiger partial charge in [0.1, 0.15) is 6.10 Å². The van der Waals surface area contributed by atoms with Gasteiger partial charge in [-0.2, -0.15) is 0 Å². The molecule has 0 saturated heterocycles. The van der Waals surface area contributed by atoms with E-state index in [-0.39, 0.29) is 0 Å². The zero-order chi connectivity index (χ0) is 9.07. The summed E-state index contributed by atoms with van der Waals surface area (Å²) >= 11 is 9.72. The van der Waals surface area contributed by atoms with Gasteiger partial charge in [-0.05, 0) is 13.3 Å². The third-order valence-electron chi connectivity index (χ3n) is 1.34. The Bertz CT molecular complexity index is 148. The third kappa shape index (κ3) is 5.39. The quantitative estimate of drug-likeness (QED) is 0.596. The zero-order valence-electron chi connectivity index (χ0n) is 6.44. The minimum Gasteiger partial charge on any atom is -0.386 e. The van der Waals surface area contributed by atoms with Crippen molar-refractivity contribution in [1.82, 2.24) is 0 Å². The lowest BCUT2D eigenvalue weighted by Crippen LogP contribution is -2.21. The second-order valence-corrected chi connectivity index (χ2v) is 9.30. The van der Waals surface area contributed by atoms with Crippen LogP contribution in [0.15, 0.2) is 11.6 Å². The molecule has 0 amide bonds. The molecule has 0 spiro atoms. The molecular formula is C7H11Br3O. The van der Waals surface area contributed by atoms with Crippen molar-refractivity contribution in [3.05, 3.63) is 11.6 Å². The van der Waals surface area contributed by atoms with Crippen LogP contribution in [-0.2, 0) is 0 Å². The molecule has 0 aromatic rings. The third-order valence-corrected chi connectivity index (χ3v) is 2.74. The Morgan fingerprint density at radius 1 is 1.55 bits per heavy atom. The maximum atomic E-state index is 9.47. The van der Waals surface area contributed by atoms with Crippen molar-refractivity contribution in [3.8, 4) is 0 Å². The molecule has 0 aliphatic rings. The number of hydrogen-bond donors (Lipinski definition) is 1. The number of allylic oxidation sites excluding steroid dienone is 1. The molecule has 11 heavy (non-hydrogen) atoms. The molecule has 1 atom stereocenters. The number of rotatable bonds is 2. The molecule has 0 fully saturated rings. The van der Waals surface area contributed by atoms with Gasteiger partial charge in [0.15, 0.2) is 2.14 Å². The normalized spacial score (nSPS) is 16.7. The molecular weight excluding hydrogens is 340 g/mol. The largest absolute Gasteiger partial charge is 0.386 e. The smallest absolute Gasteiger partial charge is 0.164 e. The first-order valence-corrected chi connectivity index (χ1v) is 5.68. The molecule has 0 rings (SSSR count). The van der Waals surface area contributed by atoms with Gasteiger partial charge in [-0.25, -0.2) is 0 Å². The van der Waals surface area contributed by atoms with Gasteiger partial charge in [0.2, 0.25) is 0 Å². The fraction of sp³-hybridized carbons (Fsp3) is 0.714. The van der Waals surface area contributed by atoms with Gasteiger partial charge in [0.05, 0.1) is 0 Å². The van der Waals surface area contributed by atoms with Gasteiger partial charge in [-0.15, -0.1) is 0 Å². The highest BCUT2D eigenvalue weighted by Gasteiger charge is 2.26. The van der Waals surface area contributed by atoms with Crippen LogP contribution in [0.4, 0.5) is 0 Å². The van der Waals surface area contributed by atoms with Gasteiger partial charge in [-0.1, -0.05) is 66.4 Å². The van der Waals surface area contributed by atoms with Gasteiger partial charge >= 0.3 is 0 Å². The Balaban J connectivity index is 4.17. The summed E-state index contributed by atoms with van der Waals surface area (Å²) in [5.41, 5.74) is 1.17. The van der Waals surface area contributed by atoms with Crippen molar-refractivity contribution < 1.29 is 5.11 Å². The van der Waals surface area contributed by atoms with Crippen LogP contribution in [-0.4, -0.2) is 13.4 Å². The summed E-state index contributed by atoms with van der Waals surface area (Å²) in [5.74, 6) is 0. The number of hydrogen-bond acceptors (Lipinski definition) is 1. The zero-order valence-corrected chi connectivity index (χ0v) is 11.2. The van der Waals surface area contributed by atoms with Crippen LogP contribution in [0, 0.1) is 0 Å². The van der Waals surface area contributed by atoms with Gasteiger partial charge in [-0.3, -0.25) is 0 Å². The second-order valence-electron chi connectivity index (χ2n) is 2.35. The standard InChI is InChI=1S/C7H11Br3O/c1-3-5(2)4-6(11)7(8,9)10/h4,6,11H,3H2,1-2H3. The van der Waals surface area contributed by atoms with Crippen molar-refractivity contribution in [2.24, 2.45) is 0 Å². The first kappa shape index (κ1) is 12.1. The molecule has 0 aromatic heterocycles. The molecule has 0 heterocycles. The number of aliphatic hydroxyl groups excluding tert-OH is 1. The van der Waals surface area contributed by atoms with Crippen molar-refractivity contribution >= 4 is 47.8 Å². The fourth-order valence-corrected chi connectivity index (χ4v) is 0.878. The summed E-state index contributed by atoms with van der Waals surface area (Å²) in [4.78, 5) is 0. The van der Waals surface area contributed by atoms with Crippen molar-refractivity contribution in [2.75, 3.05) is 0 Å². The topological polar surface area (TPSA) is 20.2 Å². The van der Waals surface area contributed by atoms with E-state index in [9.17, 15) is 5.11 Å². The fourth-order valence-electron chi connectivity index (χ4n) is 0.482. The average molecular weight is 351 g/mol. The highest BCUT2D eigenvalue weighted by Crippen LogP contribution is 2.37. The van der Waals surface area contributed by atoms with E-state index in [0.717, 1.165) is 6.42 Å². The predicted octanol–water partition coefficient (Wildman–Crippen LogP) is 3.54. The highest BCUT2D eigenvalue weighted by atomic mass is 80.0. The van der Waals surface area contributed by atoms with Crippen LogP contribution in [0.5, 0.6) is 0 Å². The minimum atomic E-state index is -0.594. The SMILES string of the molecule is CCC(C)=CC(O)C(Br)(Br)Br. The summed E-state index contributed by atoms with van der Waals surface area (Å²) in [6.07, 6.45) is 2.20. The van der Waals surface area contributed by atoms with Crippen LogP contribution in [0.25, 0.3) is 0 Å². The van der Waals surface area contributed by atoms with E-state index in [1.165, 1.54) is 5.57 Å². The van der Waals surface area contributed by atoms with E-state index in [1.54, 1.807) is 6.08 Å². The molecule has 4 heteroatoms. The lowest BCUT2D eigenvalue weighted by atomic mass is 10.2. The molecule has 0 aliphatic carbocycles. The van der Waals surface area contributed by atoms with E-state index >= 15 is 0 Å². The van der Waals surface area contributed by atoms with Gasteiger partial charge < -0.3 is 5.11 Å². The maximum absolute atomic E-state index is 9.47. The van der Waals surface area contributed by atoms with Crippen LogP contribution < -0.4 is 0 Å². The van der Waals surface area contributed by atoms with Crippen molar-refractivity contribution in [3.63, 3.8) is 0 Å². The Hall–Kier alpha value is 1.14. The monoisotopic (exact) mass is 348 g/mol. The number of aliphatic hydroxyl groups is 1. The Morgan fingerprint density at radius 3 is 2.27 bits per heavy atom. The van der Waals surface area contributed by atoms with E-state index in [1.807, 2.05) is 6.92 Å². The Labute approximate surface area is 92.6 Å². The van der Waals surface area contributed by atoms with E-state index in [2.05, 4.69) is 54.7 Å². The lowest BCUT2D eigenvalue weighted by molar-refractivity contribution is 0.237. The van der Waals surface area contributed by atoms with Gasteiger partial charge in [0.25, 0.3) is 0 Å². The van der Waals surface area contributed by atoms with Crippen LogP contribution in [0.3, 0.4) is 0 Å². The van der Waals surface area contributed by atoms with E-state index < -0.39 is 8.25 Å². The Morgan fingerprint density at radius 2 is 2.00 bits per heavy atom. The van der Waals surface area contributed by atoms with E-state index in [0.29, 0.717) is 0 Å². The van der Waals surface area contributed by atoms with Gasteiger partial charge in [0, 0.05) is 0 Å². The molecule has 0 radical (unpaired) electrons. The van der Waals surface area contributed by atoms with Crippen LogP contribution >= 0.6 is 47.8 Å². The summed E-state index contributed by atoms with van der Waals surface area (Å²) in [7, 11) is 0. The first-order chi connectivity index (χ1) is 4.88. The summed E-state index contributed by atoms with van der Waals surface area (Å²) in [6.45, 7) is 4.04. The van der Waals surface area contributed by atoms with Crippen molar-refractivity contribution in [1.29, 1.82) is 0 Å². The summed E-state index contributed by atoms with van der Waals surface area (Å²) in [6, 6.07) is 0. The summed E-state index contributed by atoms with van der Waals surface area (Å²) in [5, 5.41) is 9.47. The molecule has 0 aromatic carbocycles. The van der Waals surface area contributed by atoms with Crippen molar-refractivity contribution in [2.45, 2.75) is 28.5 Å². The molecule has 66 valence electrons. The molecule has 1 unspecified atom stereocenters. The lowest BCUT2D eigenvalue weighted by Gasteiger charge is -2.17. The summed E-state index contributed by atoms with van der Waals surface area (Å²) < 4.78 is -0.594. The first-order valence-electron chi connectivity index (χ1n) is 3.30. The predicted molar refractivity (Wildman–Crippen MR) is 59.6 cm³/mol.